The van der Waals surface area contributed by atoms with E-state index in [4.69, 9.17) is 0 Å². The summed E-state index contributed by atoms with van der Waals surface area (Å²) in [7, 11) is 0. The monoisotopic (exact) mass is 320 g/mol. The van der Waals surface area contributed by atoms with Gasteiger partial charge in [0.2, 0.25) is 11.9 Å². The molecule has 0 aliphatic carbocycles. The molecule has 0 saturated heterocycles. The minimum Gasteiger partial charge on any atom is -0.334 e. The second-order valence-corrected chi connectivity index (χ2v) is 5.78. The maximum atomic E-state index is 12.3. The predicted molar refractivity (Wildman–Crippen MR) is 90.5 cm³/mol. The number of rotatable bonds is 4. The van der Waals surface area contributed by atoms with E-state index in [1.54, 1.807) is 4.90 Å². The molecule has 2 heterocycles. The molecule has 1 aliphatic rings. The van der Waals surface area contributed by atoms with E-state index in [0.717, 1.165) is 22.2 Å². The number of hydrogen-bond acceptors (Lipinski definition) is 3. The Morgan fingerprint density at radius 2 is 1.96 bits per heavy atom. The Labute approximate surface area is 138 Å². The van der Waals surface area contributed by atoms with Crippen molar-refractivity contribution in [2.45, 2.75) is 13.0 Å². The molecule has 6 nitrogen and oxygen atoms in total. The van der Waals surface area contributed by atoms with E-state index in [0.29, 0.717) is 19.0 Å². The lowest BCUT2D eigenvalue weighted by molar-refractivity contribution is -0.116. The zero-order valence-electron chi connectivity index (χ0n) is 13.0. The van der Waals surface area contributed by atoms with E-state index in [2.05, 4.69) is 15.3 Å². The molecule has 1 aliphatic heterocycles. The van der Waals surface area contributed by atoms with Crippen LogP contribution in [-0.4, -0.2) is 33.2 Å². The van der Waals surface area contributed by atoms with Crippen LogP contribution < -0.4 is 5.32 Å². The number of aromatic amines is 1. The van der Waals surface area contributed by atoms with Crippen LogP contribution in [0.1, 0.15) is 22.3 Å². The highest BCUT2D eigenvalue weighted by molar-refractivity contribution is 5.98. The summed E-state index contributed by atoms with van der Waals surface area (Å²) in [4.78, 5) is 33.4. The minimum absolute atomic E-state index is 0.0119. The van der Waals surface area contributed by atoms with E-state index in [1.807, 2.05) is 48.5 Å². The molecule has 2 N–H and O–H groups in total. The number of nitrogens with one attached hydrogen (secondary N) is 2. The topological polar surface area (TPSA) is 78.1 Å². The van der Waals surface area contributed by atoms with Crippen molar-refractivity contribution in [3.8, 4) is 0 Å². The van der Waals surface area contributed by atoms with Crippen LogP contribution in [0.2, 0.25) is 0 Å². The third-order valence-corrected chi connectivity index (χ3v) is 4.15. The van der Waals surface area contributed by atoms with Gasteiger partial charge in [0.15, 0.2) is 0 Å². The summed E-state index contributed by atoms with van der Waals surface area (Å²) in [6.07, 6.45) is 0.233. The van der Waals surface area contributed by atoms with Crippen molar-refractivity contribution in [2.75, 3.05) is 11.9 Å². The van der Waals surface area contributed by atoms with Gasteiger partial charge in [-0.05, 0) is 23.8 Å². The highest BCUT2D eigenvalue weighted by atomic mass is 16.2. The van der Waals surface area contributed by atoms with Gasteiger partial charge in [-0.25, -0.2) is 4.98 Å². The fraction of sp³-hybridized carbons (Fsp3) is 0.167. The van der Waals surface area contributed by atoms with Gasteiger partial charge in [0, 0.05) is 25.1 Å². The Hall–Kier alpha value is -3.15. The molecule has 0 unspecified atom stereocenters. The first-order valence-electron chi connectivity index (χ1n) is 7.82. The maximum absolute atomic E-state index is 12.3. The average molecular weight is 320 g/mol. The summed E-state index contributed by atoms with van der Waals surface area (Å²) in [6, 6.07) is 15.1. The van der Waals surface area contributed by atoms with Crippen LogP contribution in [0.4, 0.5) is 5.95 Å². The molecule has 0 spiro atoms. The maximum Gasteiger partial charge on any atom is 0.254 e. The number of fused-ring (bicyclic) bond motifs is 2. The largest absolute Gasteiger partial charge is 0.334 e. The molecule has 6 heteroatoms. The molecule has 3 aromatic rings. The smallest absolute Gasteiger partial charge is 0.254 e. The number of nitrogens with zero attached hydrogens (tertiary/aromatic N) is 2. The average Bonchev–Trinajstić information content (AvgIpc) is 3.14. The molecule has 2 aromatic carbocycles. The van der Waals surface area contributed by atoms with Crippen molar-refractivity contribution in [2.24, 2.45) is 0 Å². The van der Waals surface area contributed by atoms with Gasteiger partial charge in [-0.15, -0.1) is 0 Å². The number of carbonyl (C=O) groups excluding carboxylic acids is 2. The number of benzene rings is 2. The van der Waals surface area contributed by atoms with Crippen molar-refractivity contribution in [1.29, 1.82) is 0 Å². The quantitative estimate of drug-likeness (QED) is 0.775. The molecule has 0 atom stereocenters. The van der Waals surface area contributed by atoms with Crippen LogP contribution in [0.5, 0.6) is 0 Å². The summed E-state index contributed by atoms with van der Waals surface area (Å²) in [5, 5.41) is 2.75. The van der Waals surface area contributed by atoms with Gasteiger partial charge in [-0.3, -0.25) is 14.9 Å². The summed E-state index contributed by atoms with van der Waals surface area (Å²) >= 11 is 0. The second-order valence-electron chi connectivity index (χ2n) is 5.78. The van der Waals surface area contributed by atoms with Crippen molar-refractivity contribution >= 4 is 28.8 Å². The van der Waals surface area contributed by atoms with Crippen molar-refractivity contribution in [3.63, 3.8) is 0 Å². The van der Waals surface area contributed by atoms with Crippen molar-refractivity contribution in [3.05, 3.63) is 59.7 Å². The SMILES string of the molecule is O=C(CCN1Cc2ccccc2C1=O)Nc1nc2ccccc2[nH]1. The normalized spacial score (nSPS) is 13.3. The van der Waals surface area contributed by atoms with Crippen LogP contribution in [-0.2, 0) is 11.3 Å². The summed E-state index contributed by atoms with van der Waals surface area (Å²) in [6.45, 7) is 0.951. The summed E-state index contributed by atoms with van der Waals surface area (Å²) in [5.74, 6) is 0.247. The lowest BCUT2D eigenvalue weighted by atomic mass is 10.1. The molecule has 0 fully saturated rings. The van der Waals surface area contributed by atoms with Gasteiger partial charge < -0.3 is 9.88 Å². The van der Waals surface area contributed by atoms with E-state index in [-0.39, 0.29) is 18.2 Å². The van der Waals surface area contributed by atoms with Crippen molar-refractivity contribution in [1.82, 2.24) is 14.9 Å². The Bertz CT molecular complexity index is 898. The fourth-order valence-electron chi connectivity index (χ4n) is 2.94. The lowest BCUT2D eigenvalue weighted by Crippen LogP contribution is -2.28. The van der Waals surface area contributed by atoms with Crippen LogP contribution in [0.15, 0.2) is 48.5 Å². The number of anilines is 1. The van der Waals surface area contributed by atoms with Gasteiger partial charge in [-0.1, -0.05) is 30.3 Å². The highest BCUT2D eigenvalue weighted by Gasteiger charge is 2.26. The molecule has 0 saturated carbocycles. The first-order chi connectivity index (χ1) is 11.7. The third kappa shape index (κ3) is 2.62. The number of amides is 2. The van der Waals surface area contributed by atoms with E-state index in [9.17, 15) is 9.59 Å². The molecule has 2 amide bonds. The number of aromatic nitrogens is 2. The molecule has 0 radical (unpaired) electrons. The third-order valence-electron chi connectivity index (χ3n) is 4.15. The van der Waals surface area contributed by atoms with Crippen LogP contribution >= 0.6 is 0 Å². The number of carbonyl (C=O) groups is 2. The number of H-pyrrole nitrogens is 1. The molecule has 24 heavy (non-hydrogen) atoms. The van der Waals surface area contributed by atoms with Crippen molar-refractivity contribution < 1.29 is 9.59 Å². The van der Waals surface area contributed by atoms with Crippen LogP contribution in [0.3, 0.4) is 0 Å². The van der Waals surface area contributed by atoms with E-state index in [1.165, 1.54) is 0 Å². The van der Waals surface area contributed by atoms with E-state index >= 15 is 0 Å². The van der Waals surface area contributed by atoms with Crippen LogP contribution in [0, 0.1) is 0 Å². The van der Waals surface area contributed by atoms with Crippen LogP contribution in [0.25, 0.3) is 11.0 Å². The van der Waals surface area contributed by atoms with Gasteiger partial charge >= 0.3 is 0 Å². The minimum atomic E-state index is -0.169. The second kappa shape index (κ2) is 5.81. The molecule has 120 valence electrons. The molecule has 0 bridgehead atoms. The van der Waals surface area contributed by atoms with E-state index < -0.39 is 0 Å². The number of imidazole rings is 1. The highest BCUT2D eigenvalue weighted by Crippen LogP contribution is 2.22. The lowest BCUT2D eigenvalue weighted by Gasteiger charge is -2.14. The van der Waals surface area contributed by atoms with Gasteiger partial charge in [0.05, 0.1) is 11.0 Å². The Balaban J connectivity index is 1.36. The first-order valence-corrected chi connectivity index (χ1v) is 7.82. The fourth-order valence-corrected chi connectivity index (χ4v) is 2.94. The molecule has 1 aromatic heterocycles. The Morgan fingerprint density at radius 1 is 1.17 bits per heavy atom. The number of para-hydroxylation sites is 2. The molecular formula is C18H16N4O2. The van der Waals surface area contributed by atoms with Gasteiger partial charge in [-0.2, -0.15) is 0 Å². The predicted octanol–water partition coefficient (Wildman–Crippen LogP) is 2.55. The molecular weight excluding hydrogens is 304 g/mol. The molecule has 4 rings (SSSR count). The summed E-state index contributed by atoms with van der Waals surface area (Å²) in [5.41, 5.74) is 3.42. The van der Waals surface area contributed by atoms with Gasteiger partial charge in [0.25, 0.3) is 5.91 Å². The number of hydrogen-bond donors (Lipinski definition) is 2. The van der Waals surface area contributed by atoms with Gasteiger partial charge in [0.1, 0.15) is 0 Å². The zero-order valence-corrected chi connectivity index (χ0v) is 13.0. The standard InChI is InChI=1S/C18H16N4O2/c23-16(21-18-19-14-7-3-4-8-15(14)20-18)9-10-22-11-12-5-1-2-6-13(12)17(22)24/h1-8H,9-11H2,(H2,19,20,21,23). The first kappa shape index (κ1) is 14.4. The zero-order chi connectivity index (χ0) is 16.5. The Kier molecular flexibility index (Phi) is 3.49. The Morgan fingerprint density at radius 3 is 2.79 bits per heavy atom. The summed E-state index contributed by atoms with van der Waals surface area (Å²) < 4.78 is 0.